The van der Waals surface area contributed by atoms with Crippen LogP contribution in [0, 0.1) is 10.1 Å². The first-order valence-corrected chi connectivity index (χ1v) is 5.73. The zero-order chi connectivity index (χ0) is 15.3. The lowest BCUT2D eigenvalue weighted by Gasteiger charge is -2.25. The highest BCUT2D eigenvalue weighted by atomic mass is 16.6. The highest BCUT2D eigenvalue weighted by Crippen LogP contribution is 2.23. The fraction of sp³-hybridized carbons (Fsp3) is 0.333. The largest absolute Gasteiger partial charge is 0.480 e. The van der Waals surface area contributed by atoms with Crippen LogP contribution in [0.1, 0.15) is 18.5 Å². The number of carboxylic acid groups (broad SMARTS) is 2. The van der Waals surface area contributed by atoms with Gasteiger partial charge in [-0.05, 0) is 12.5 Å². The van der Waals surface area contributed by atoms with E-state index in [9.17, 15) is 19.7 Å². The van der Waals surface area contributed by atoms with Crippen molar-refractivity contribution in [3.63, 3.8) is 0 Å². The second-order valence-electron chi connectivity index (χ2n) is 4.22. The Kier molecular flexibility index (Phi) is 5.15. The van der Waals surface area contributed by atoms with Crippen LogP contribution in [0.5, 0.6) is 0 Å². The Morgan fingerprint density at radius 1 is 1.30 bits per heavy atom. The number of nitro benzene ring substituents is 1. The number of nitro groups is 1. The molecule has 1 unspecified atom stereocenters. The summed E-state index contributed by atoms with van der Waals surface area (Å²) < 4.78 is 0. The van der Waals surface area contributed by atoms with Crippen LogP contribution in [-0.4, -0.2) is 45.1 Å². The van der Waals surface area contributed by atoms with Crippen molar-refractivity contribution in [2.45, 2.75) is 13.0 Å². The van der Waals surface area contributed by atoms with E-state index in [0.717, 1.165) is 0 Å². The average Bonchev–Trinajstić information content (AvgIpc) is 2.36. The van der Waals surface area contributed by atoms with Crippen molar-refractivity contribution < 1.29 is 24.7 Å². The minimum atomic E-state index is -1.16. The summed E-state index contributed by atoms with van der Waals surface area (Å²) >= 11 is 0. The topological polar surface area (TPSA) is 121 Å². The van der Waals surface area contributed by atoms with Crippen molar-refractivity contribution in [3.05, 3.63) is 39.9 Å². The number of non-ortho nitro benzene ring substituents is 1. The summed E-state index contributed by atoms with van der Waals surface area (Å²) in [5.74, 6) is -2.33. The fourth-order valence-electron chi connectivity index (χ4n) is 1.79. The first-order valence-electron chi connectivity index (χ1n) is 5.73. The van der Waals surface area contributed by atoms with E-state index in [2.05, 4.69) is 0 Å². The number of rotatable bonds is 7. The number of aliphatic carboxylic acids is 2. The average molecular weight is 282 g/mol. The van der Waals surface area contributed by atoms with Gasteiger partial charge in [0.2, 0.25) is 0 Å². The minimum absolute atomic E-state index is 0.125. The van der Waals surface area contributed by atoms with E-state index in [1.807, 2.05) is 0 Å². The summed E-state index contributed by atoms with van der Waals surface area (Å²) in [6.07, 6.45) is 0. The lowest BCUT2D eigenvalue weighted by atomic mass is 10.1. The summed E-state index contributed by atoms with van der Waals surface area (Å²) in [5.41, 5.74) is 0.363. The van der Waals surface area contributed by atoms with Crippen molar-refractivity contribution in [2.75, 3.05) is 13.1 Å². The van der Waals surface area contributed by atoms with E-state index in [1.54, 1.807) is 13.0 Å². The molecule has 8 nitrogen and oxygen atoms in total. The van der Waals surface area contributed by atoms with Crippen LogP contribution in [0.2, 0.25) is 0 Å². The van der Waals surface area contributed by atoms with Gasteiger partial charge in [-0.25, -0.2) is 0 Å². The van der Waals surface area contributed by atoms with Gasteiger partial charge in [0.15, 0.2) is 0 Å². The lowest BCUT2D eigenvalue weighted by molar-refractivity contribution is -0.384. The molecule has 108 valence electrons. The maximum Gasteiger partial charge on any atom is 0.317 e. The van der Waals surface area contributed by atoms with Gasteiger partial charge in [-0.15, -0.1) is 0 Å². The molecule has 0 aliphatic heterocycles. The third-order valence-electron chi connectivity index (χ3n) is 2.79. The molecule has 20 heavy (non-hydrogen) atoms. The summed E-state index contributed by atoms with van der Waals surface area (Å²) in [6, 6.07) is 5.12. The molecule has 2 N–H and O–H groups in total. The van der Waals surface area contributed by atoms with E-state index in [0.29, 0.717) is 5.56 Å². The highest BCUT2D eigenvalue weighted by molar-refractivity contribution is 5.72. The molecule has 0 aliphatic rings. The molecule has 0 fully saturated rings. The number of hydrogen-bond acceptors (Lipinski definition) is 5. The number of hydrogen-bond donors (Lipinski definition) is 2. The minimum Gasteiger partial charge on any atom is -0.480 e. The van der Waals surface area contributed by atoms with Crippen LogP contribution in [0.15, 0.2) is 24.3 Å². The van der Waals surface area contributed by atoms with Crippen molar-refractivity contribution in [1.29, 1.82) is 0 Å². The number of nitrogens with zero attached hydrogens (tertiary/aromatic N) is 2. The van der Waals surface area contributed by atoms with E-state index in [4.69, 9.17) is 10.2 Å². The summed E-state index contributed by atoms with van der Waals surface area (Å²) in [6.45, 7) is 0.678. The zero-order valence-corrected chi connectivity index (χ0v) is 10.7. The van der Waals surface area contributed by atoms with Crippen molar-refractivity contribution in [1.82, 2.24) is 4.90 Å². The van der Waals surface area contributed by atoms with Gasteiger partial charge in [0.1, 0.15) is 0 Å². The lowest BCUT2D eigenvalue weighted by Crippen LogP contribution is -2.36. The molecule has 0 spiro atoms. The molecule has 0 aromatic heterocycles. The molecule has 0 saturated heterocycles. The van der Waals surface area contributed by atoms with Crippen molar-refractivity contribution in [3.8, 4) is 0 Å². The standard InChI is InChI=1S/C12H14N2O6/c1-8(13(6-11(15)16)7-12(17)18)9-3-2-4-10(5-9)14(19)20/h2-5,8H,6-7H2,1H3,(H,15,16)(H,17,18). The first-order chi connectivity index (χ1) is 9.31. The van der Waals surface area contributed by atoms with Crippen LogP contribution in [0.4, 0.5) is 5.69 Å². The van der Waals surface area contributed by atoms with Gasteiger partial charge in [0.25, 0.3) is 5.69 Å². The Morgan fingerprint density at radius 3 is 2.30 bits per heavy atom. The molecule has 0 heterocycles. The number of benzene rings is 1. The maximum absolute atomic E-state index is 10.8. The van der Waals surface area contributed by atoms with Gasteiger partial charge in [-0.1, -0.05) is 12.1 Å². The van der Waals surface area contributed by atoms with Gasteiger partial charge in [-0.3, -0.25) is 24.6 Å². The summed E-state index contributed by atoms with van der Waals surface area (Å²) in [4.78, 5) is 32.9. The molecule has 0 radical (unpaired) electrons. The Morgan fingerprint density at radius 2 is 1.85 bits per heavy atom. The van der Waals surface area contributed by atoms with E-state index >= 15 is 0 Å². The molecule has 8 heteroatoms. The second-order valence-corrected chi connectivity index (χ2v) is 4.22. The second kappa shape index (κ2) is 6.62. The molecule has 1 atom stereocenters. The molecule has 1 aromatic rings. The third-order valence-corrected chi connectivity index (χ3v) is 2.79. The van der Waals surface area contributed by atoms with Gasteiger partial charge in [0, 0.05) is 18.2 Å². The Labute approximate surface area is 114 Å². The summed E-state index contributed by atoms with van der Waals surface area (Å²) in [7, 11) is 0. The monoisotopic (exact) mass is 282 g/mol. The van der Waals surface area contributed by atoms with Gasteiger partial charge in [0.05, 0.1) is 18.0 Å². The molecule has 0 bridgehead atoms. The first kappa shape index (κ1) is 15.6. The fourth-order valence-corrected chi connectivity index (χ4v) is 1.79. The van der Waals surface area contributed by atoms with Gasteiger partial charge >= 0.3 is 11.9 Å². The SMILES string of the molecule is CC(c1cccc([N+](=O)[O-])c1)N(CC(=O)O)CC(=O)O. The predicted octanol–water partition coefficient (Wildman–Crippen LogP) is 1.13. The van der Waals surface area contributed by atoms with Crippen LogP contribution in [0.25, 0.3) is 0 Å². The van der Waals surface area contributed by atoms with Gasteiger partial charge < -0.3 is 10.2 Å². The van der Waals surface area contributed by atoms with Crippen LogP contribution >= 0.6 is 0 Å². The van der Waals surface area contributed by atoms with Crippen molar-refractivity contribution in [2.24, 2.45) is 0 Å². The normalized spacial score (nSPS) is 12.1. The Balaban J connectivity index is 3.01. The predicted molar refractivity (Wildman–Crippen MR) is 68.4 cm³/mol. The Bertz CT molecular complexity index is 514. The smallest absolute Gasteiger partial charge is 0.317 e. The van der Waals surface area contributed by atoms with Gasteiger partial charge in [-0.2, -0.15) is 0 Å². The zero-order valence-electron chi connectivity index (χ0n) is 10.7. The number of carboxylic acids is 2. The molecular formula is C12H14N2O6. The third kappa shape index (κ3) is 4.32. The molecule has 0 aliphatic carbocycles. The number of carbonyl (C=O) groups is 2. The van der Waals surface area contributed by atoms with Crippen LogP contribution in [0.3, 0.4) is 0 Å². The van der Waals surface area contributed by atoms with Crippen molar-refractivity contribution >= 4 is 17.6 Å². The van der Waals surface area contributed by atoms with Crippen LogP contribution in [-0.2, 0) is 9.59 Å². The molecule has 0 amide bonds. The molecule has 1 rings (SSSR count). The Hall–Kier alpha value is -2.48. The molecule has 0 saturated carbocycles. The maximum atomic E-state index is 10.8. The summed E-state index contributed by atoms with van der Waals surface area (Å²) in [5, 5.41) is 28.3. The highest BCUT2D eigenvalue weighted by Gasteiger charge is 2.22. The van der Waals surface area contributed by atoms with E-state index in [1.165, 1.54) is 23.1 Å². The van der Waals surface area contributed by atoms with E-state index < -0.39 is 36.0 Å². The van der Waals surface area contributed by atoms with E-state index in [-0.39, 0.29) is 5.69 Å². The quantitative estimate of drug-likeness (QED) is 0.567. The molecular weight excluding hydrogens is 268 g/mol. The molecule has 1 aromatic carbocycles. The van der Waals surface area contributed by atoms with Crippen LogP contribution < -0.4 is 0 Å².